The summed E-state index contributed by atoms with van der Waals surface area (Å²) in [5, 5.41) is 1.92. The first kappa shape index (κ1) is 15.1. The van der Waals surface area contributed by atoms with Gasteiger partial charge in [-0.3, -0.25) is 4.79 Å². The van der Waals surface area contributed by atoms with E-state index >= 15 is 0 Å². The number of halogens is 1. The monoisotopic (exact) mass is 352 g/mol. The molecule has 2 N–H and O–H groups in total. The largest absolute Gasteiger partial charge is 0.398 e. The van der Waals surface area contributed by atoms with Crippen molar-refractivity contribution in [3.05, 3.63) is 50.6 Å². The predicted molar refractivity (Wildman–Crippen MR) is 87.9 cm³/mol. The van der Waals surface area contributed by atoms with Gasteiger partial charge >= 0.3 is 0 Å². The molecule has 3 nitrogen and oxygen atoms in total. The maximum absolute atomic E-state index is 12.6. The SMILES string of the molecule is CCCN(Cc1ccccc1N)C(=O)c1sccc1Br. The maximum atomic E-state index is 12.6. The molecule has 1 amide bonds. The molecule has 0 aliphatic carbocycles. The quantitative estimate of drug-likeness (QED) is 0.821. The van der Waals surface area contributed by atoms with Gasteiger partial charge in [0.25, 0.3) is 5.91 Å². The summed E-state index contributed by atoms with van der Waals surface area (Å²) in [4.78, 5) is 15.2. The molecule has 0 aliphatic heterocycles. The van der Waals surface area contributed by atoms with Crippen LogP contribution in [0.25, 0.3) is 0 Å². The summed E-state index contributed by atoms with van der Waals surface area (Å²) in [6, 6.07) is 9.58. The van der Waals surface area contributed by atoms with Crippen LogP contribution < -0.4 is 5.73 Å². The van der Waals surface area contributed by atoms with Gasteiger partial charge < -0.3 is 10.6 Å². The van der Waals surface area contributed by atoms with Crippen molar-refractivity contribution < 1.29 is 4.79 Å². The van der Waals surface area contributed by atoms with E-state index in [0.717, 1.165) is 33.6 Å². The number of carbonyl (C=O) groups is 1. The highest BCUT2D eigenvalue weighted by atomic mass is 79.9. The molecule has 0 saturated heterocycles. The zero-order valence-corrected chi connectivity index (χ0v) is 13.7. The number of hydrogen-bond acceptors (Lipinski definition) is 3. The van der Waals surface area contributed by atoms with Gasteiger partial charge in [0, 0.05) is 23.2 Å². The normalized spacial score (nSPS) is 10.5. The minimum Gasteiger partial charge on any atom is -0.398 e. The first-order chi connectivity index (χ1) is 9.63. The van der Waals surface area contributed by atoms with Gasteiger partial charge in [-0.15, -0.1) is 11.3 Å². The van der Waals surface area contributed by atoms with E-state index < -0.39 is 0 Å². The second-order valence-corrected chi connectivity index (χ2v) is 6.29. The van der Waals surface area contributed by atoms with Crippen LogP contribution in [0.15, 0.2) is 40.2 Å². The molecule has 106 valence electrons. The van der Waals surface area contributed by atoms with Crippen molar-refractivity contribution in [1.82, 2.24) is 4.90 Å². The van der Waals surface area contributed by atoms with Crippen molar-refractivity contribution >= 4 is 38.9 Å². The molecule has 1 aromatic carbocycles. The van der Waals surface area contributed by atoms with Crippen LogP contribution in [-0.4, -0.2) is 17.4 Å². The van der Waals surface area contributed by atoms with Crippen molar-refractivity contribution in [3.8, 4) is 0 Å². The van der Waals surface area contributed by atoms with Crippen LogP contribution >= 0.6 is 27.3 Å². The number of hydrogen-bond donors (Lipinski definition) is 1. The molecule has 1 heterocycles. The van der Waals surface area contributed by atoms with Crippen LogP contribution in [0, 0.1) is 0 Å². The molecule has 20 heavy (non-hydrogen) atoms. The van der Waals surface area contributed by atoms with Crippen LogP contribution in [0.1, 0.15) is 28.6 Å². The highest BCUT2D eigenvalue weighted by Gasteiger charge is 2.19. The lowest BCUT2D eigenvalue weighted by molar-refractivity contribution is 0.0747. The summed E-state index contributed by atoms with van der Waals surface area (Å²) in [6.45, 7) is 3.33. The Labute approximate surface area is 131 Å². The molecule has 0 fully saturated rings. The number of para-hydroxylation sites is 1. The third-order valence-corrected chi connectivity index (χ3v) is 4.83. The van der Waals surface area contributed by atoms with E-state index in [2.05, 4.69) is 22.9 Å². The second kappa shape index (κ2) is 6.90. The number of benzene rings is 1. The van der Waals surface area contributed by atoms with Gasteiger partial charge in [-0.1, -0.05) is 25.1 Å². The lowest BCUT2D eigenvalue weighted by Crippen LogP contribution is -2.31. The lowest BCUT2D eigenvalue weighted by atomic mass is 10.1. The van der Waals surface area contributed by atoms with E-state index in [1.54, 1.807) is 0 Å². The van der Waals surface area contributed by atoms with Crippen LogP contribution in [0.2, 0.25) is 0 Å². The zero-order chi connectivity index (χ0) is 14.5. The van der Waals surface area contributed by atoms with Crippen LogP contribution in [-0.2, 0) is 6.54 Å². The summed E-state index contributed by atoms with van der Waals surface area (Å²) in [5.41, 5.74) is 7.69. The Kier molecular flexibility index (Phi) is 5.20. The molecular formula is C15H17BrN2OS. The van der Waals surface area contributed by atoms with Crippen LogP contribution in [0.4, 0.5) is 5.69 Å². The number of thiophene rings is 1. The number of rotatable bonds is 5. The van der Waals surface area contributed by atoms with Crippen molar-refractivity contribution in [1.29, 1.82) is 0 Å². The number of anilines is 1. The summed E-state index contributed by atoms with van der Waals surface area (Å²) in [6.07, 6.45) is 0.918. The Morgan fingerprint density at radius 1 is 1.35 bits per heavy atom. The van der Waals surface area contributed by atoms with E-state index in [-0.39, 0.29) is 5.91 Å². The second-order valence-electron chi connectivity index (χ2n) is 4.52. The molecule has 0 aliphatic rings. The fourth-order valence-electron chi connectivity index (χ4n) is 2.00. The summed E-state index contributed by atoms with van der Waals surface area (Å²) in [5.74, 6) is 0.0528. The maximum Gasteiger partial charge on any atom is 0.265 e. The average Bonchev–Trinajstić information content (AvgIpc) is 2.86. The molecule has 5 heteroatoms. The van der Waals surface area contributed by atoms with Gasteiger partial charge in [0.15, 0.2) is 0 Å². The molecule has 1 aromatic heterocycles. The highest BCUT2D eigenvalue weighted by Crippen LogP contribution is 2.25. The first-order valence-corrected chi connectivity index (χ1v) is 8.16. The Balaban J connectivity index is 2.21. The van der Waals surface area contributed by atoms with E-state index in [4.69, 9.17) is 5.73 Å². The minimum atomic E-state index is 0.0528. The van der Waals surface area contributed by atoms with Gasteiger partial charge in [0.1, 0.15) is 4.88 Å². The van der Waals surface area contributed by atoms with E-state index in [1.807, 2.05) is 40.6 Å². The van der Waals surface area contributed by atoms with Crippen molar-refractivity contribution in [2.45, 2.75) is 19.9 Å². The van der Waals surface area contributed by atoms with Crippen LogP contribution in [0.5, 0.6) is 0 Å². The molecular weight excluding hydrogens is 336 g/mol. The number of amides is 1. The van der Waals surface area contributed by atoms with E-state index in [1.165, 1.54) is 11.3 Å². The molecule has 0 saturated carbocycles. The van der Waals surface area contributed by atoms with Gasteiger partial charge in [-0.2, -0.15) is 0 Å². The molecule has 0 bridgehead atoms. The topological polar surface area (TPSA) is 46.3 Å². The molecule has 0 unspecified atom stereocenters. The first-order valence-electron chi connectivity index (χ1n) is 6.49. The fourth-order valence-corrected chi connectivity index (χ4v) is 3.50. The van der Waals surface area contributed by atoms with Gasteiger partial charge in [-0.05, 0) is 45.4 Å². The van der Waals surface area contributed by atoms with E-state index in [9.17, 15) is 4.79 Å². The predicted octanol–water partition coefficient (Wildman–Crippen LogP) is 4.15. The van der Waals surface area contributed by atoms with Crippen molar-refractivity contribution in [2.24, 2.45) is 0 Å². The zero-order valence-electron chi connectivity index (χ0n) is 11.3. The van der Waals surface area contributed by atoms with Crippen molar-refractivity contribution in [2.75, 3.05) is 12.3 Å². The van der Waals surface area contributed by atoms with Gasteiger partial charge in [0.05, 0.1) is 0 Å². The Hall–Kier alpha value is -1.33. The number of nitrogens with two attached hydrogens (primary N) is 1. The average molecular weight is 353 g/mol. The standard InChI is InChI=1S/C15H17BrN2OS/c1-2-8-18(10-11-5-3-4-6-13(11)17)15(19)14-12(16)7-9-20-14/h3-7,9H,2,8,10,17H2,1H3. The molecule has 0 atom stereocenters. The fraction of sp³-hybridized carbons (Fsp3) is 0.267. The molecule has 2 rings (SSSR count). The molecule has 2 aromatic rings. The Morgan fingerprint density at radius 2 is 2.10 bits per heavy atom. The van der Waals surface area contributed by atoms with Gasteiger partial charge in [-0.25, -0.2) is 0 Å². The molecule has 0 radical (unpaired) electrons. The third-order valence-electron chi connectivity index (χ3n) is 3.01. The summed E-state index contributed by atoms with van der Waals surface area (Å²) >= 11 is 4.88. The number of nitrogens with zero attached hydrogens (tertiary/aromatic N) is 1. The Morgan fingerprint density at radius 3 is 2.70 bits per heavy atom. The number of carbonyl (C=O) groups excluding carboxylic acids is 1. The summed E-state index contributed by atoms with van der Waals surface area (Å²) < 4.78 is 0.856. The number of nitrogen functional groups attached to an aromatic ring is 1. The van der Waals surface area contributed by atoms with E-state index in [0.29, 0.717) is 6.54 Å². The minimum absolute atomic E-state index is 0.0528. The lowest BCUT2D eigenvalue weighted by Gasteiger charge is -2.22. The summed E-state index contributed by atoms with van der Waals surface area (Å²) in [7, 11) is 0. The smallest absolute Gasteiger partial charge is 0.265 e. The van der Waals surface area contributed by atoms with Crippen molar-refractivity contribution in [3.63, 3.8) is 0 Å². The molecule has 0 spiro atoms. The Bertz CT molecular complexity index is 597. The third kappa shape index (κ3) is 3.41. The van der Waals surface area contributed by atoms with Gasteiger partial charge in [0.2, 0.25) is 0 Å². The highest BCUT2D eigenvalue weighted by molar-refractivity contribution is 9.10. The van der Waals surface area contributed by atoms with Crippen LogP contribution in [0.3, 0.4) is 0 Å².